The van der Waals surface area contributed by atoms with Crippen molar-refractivity contribution >= 4 is 11.4 Å². The normalized spacial score (nSPS) is 23.4. The fourth-order valence-corrected chi connectivity index (χ4v) is 4.62. The van der Waals surface area contributed by atoms with Crippen molar-refractivity contribution < 1.29 is 9.66 Å². The smallest absolute Gasteiger partial charge is 0.269 e. The topological polar surface area (TPSA) is 83.6 Å². The molecule has 2 aliphatic rings. The lowest BCUT2D eigenvalue weighted by atomic mass is 9.84. The molecule has 0 aromatic heterocycles. The molecule has 3 aromatic rings. The van der Waals surface area contributed by atoms with Crippen molar-refractivity contribution in [3.63, 3.8) is 0 Å². The first-order chi connectivity index (χ1) is 15.7. The predicted molar refractivity (Wildman–Crippen MR) is 120 cm³/mol. The van der Waals surface area contributed by atoms with Crippen LogP contribution in [-0.4, -0.2) is 36.1 Å². The van der Waals surface area contributed by atoms with E-state index in [1.807, 2.05) is 41.4 Å². The van der Waals surface area contributed by atoms with E-state index < -0.39 is 10.6 Å². The number of benzene rings is 3. The zero-order chi connectivity index (χ0) is 22.0. The number of rotatable bonds is 5. The van der Waals surface area contributed by atoms with Crippen LogP contribution in [0.15, 0.2) is 95.3 Å². The molecule has 0 unspecified atom stereocenters. The second-order valence-electron chi connectivity index (χ2n) is 7.80. The number of nitro groups is 1. The lowest BCUT2D eigenvalue weighted by molar-refractivity contribution is -0.384. The first-order valence-corrected chi connectivity index (χ1v) is 10.6. The summed E-state index contributed by atoms with van der Waals surface area (Å²) < 4.78 is 5.67. The van der Waals surface area contributed by atoms with Gasteiger partial charge in [0.15, 0.2) is 5.66 Å². The van der Waals surface area contributed by atoms with Gasteiger partial charge in [-0.2, -0.15) is 5.11 Å². The van der Waals surface area contributed by atoms with Gasteiger partial charge in [0, 0.05) is 25.2 Å². The van der Waals surface area contributed by atoms with Gasteiger partial charge in [-0.3, -0.25) is 15.0 Å². The maximum atomic E-state index is 11.2. The van der Waals surface area contributed by atoms with E-state index in [1.54, 1.807) is 12.1 Å². The van der Waals surface area contributed by atoms with Crippen LogP contribution in [0, 0.1) is 10.1 Å². The number of nitrogens with zero attached hydrogens (tertiary/aromatic N) is 5. The van der Waals surface area contributed by atoms with E-state index >= 15 is 0 Å². The van der Waals surface area contributed by atoms with Gasteiger partial charge in [-0.05, 0) is 23.3 Å². The summed E-state index contributed by atoms with van der Waals surface area (Å²) in [6.45, 7) is 2.66. The summed E-state index contributed by atoms with van der Waals surface area (Å²) in [6.07, 6.45) is 0. The van der Waals surface area contributed by atoms with Crippen molar-refractivity contribution in [3.8, 4) is 0 Å². The van der Waals surface area contributed by atoms with Crippen LogP contribution >= 0.6 is 0 Å². The molecular weight excluding hydrogens is 406 g/mol. The Morgan fingerprint density at radius 1 is 0.906 bits per heavy atom. The molecule has 0 radical (unpaired) electrons. The number of morpholine rings is 1. The maximum absolute atomic E-state index is 11.2. The molecule has 2 heterocycles. The van der Waals surface area contributed by atoms with Crippen molar-refractivity contribution in [1.82, 2.24) is 4.90 Å². The Balaban J connectivity index is 1.71. The average molecular weight is 429 g/mol. The molecule has 2 aliphatic heterocycles. The van der Waals surface area contributed by atoms with Crippen molar-refractivity contribution in [2.45, 2.75) is 11.7 Å². The highest BCUT2D eigenvalue weighted by Gasteiger charge is 2.55. The van der Waals surface area contributed by atoms with Crippen LogP contribution in [0.2, 0.25) is 0 Å². The van der Waals surface area contributed by atoms with Gasteiger partial charge in [0.2, 0.25) is 0 Å². The second kappa shape index (κ2) is 8.49. The lowest BCUT2D eigenvalue weighted by Gasteiger charge is -2.49. The molecule has 0 N–H and O–H groups in total. The van der Waals surface area contributed by atoms with Crippen LogP contribution in [0.5, 0.6) is 0 Å². The Labute approximate surface area is 185 Å². The molecule has 32 heavy (non-hydrogen) atoms. The summed E-state index contributed by atoms with van der Waals surface area (Å²) in [5, 5.41) is 22.5. The van der Waals surface area contributed by atoms with Crippen LogP contribution < -0.4 is 5.01 Å². The van der Waals surface area contributed by atoms with Crippen molar-refractivity contribution in [3.05, 3.63) is 106 Å². The molecule has 8 heteroatoms. The first kappa shape index (κ1) is 20.3. The molecule has 0 bridgehead atoms. The highest BCUT2D eigenvalue weighted by molar-refractivity contribution is 5.56. The van der Waals surface area contributed by atoms with E-state index in [0.717, 1.165) is 16.8 Å². The van der Waals surface area contributed by atoms with Crippen molar-refractivity contribution in [2.24, 2.45) is 10.3 Å². The minimum Gasteiger partial charge on any atom is -0.379 e. The Morgan fingerprint density at radius 2 is 1.53 bits per heavy atom. The van der Waals surface area contributed by atoms with E-state index in [1.165, 1.54) is 12.1 Å². The monoisotopic (exact) mass is 429 g/mol. The third-order valence-corrected chi connectivity index (χ3v) is 6.07. The van der Waals surface area contributed by atoms with Gasteiger partial charge in [-0.25, -0.2) is 5.01 Å². The highest BCUT2D eigenvalue weighted by atomic mass is 16.6. The number of ether oxygens (including phenoxy) is 1. The molecular formula is C24H23N5O3. The number of anilines is 1. The van der Waals surface area contributed by atoms with E-state index in [9.17, 15) is 10.1 Å². The molecule has 2 atom stereocenters. The van der Waals surface area contributed by atoms with Crippen molar-refractivity contribution in [2.75, 3.05) is 31.3 Å². The molecule has 0 amide bonds. The van der Waals surface area contributed by atoms with Gasteiger partial charge in [0.1, 0.15) is 6.04 Å². The molecule has 3 aromatic carbocycles. The van der Waals surface area contributed by atoms with Crippen molar-refractivity contribution in [1.29, 1.82) is 0 Å². The summed E-state index contributed by atoms with van der Waals surface area (Å²) in [5.74, 6) is 0. The Hall–Kier alpha value is -3.62. The summed E-state index contributed by atoms with van der Waals surface area (Å²) in [6, 6.07) is 26.6. The molecule has 0 spiro atoms. The predicted octanol–water partition coefficient (Wildman–Crippen LogP) is 4.71. The quantitative estimate of drug-likeness (QED) is 0.433. The fourth-order valence-electron chi connectivity index (χ4n) is 4.62. The zero-order valence-electron chi connectivity index (χ0n) is 17.4. The van der Waals surface area contributed by atoms with E-state index in [2.05, 4.69) is 34.4 Å². The first-order valence-electron chi connectivity index (χ1n) is 10.6. The highest BCUT2D eigenvalue weighted by Crippen LogP contribution is 2.52. The summed E-state index contributed by atoms with van der Waals surface area (Å²) >= 11 is 0. The number of hydrogen-bond donors (Lipinski definition) is 0. The Morgan fingerprint density at radius 3 is 2.16 bits per heavy atom. The maximum Gasteiger partial charge on any atom is 0.269 e. The summed E-state index contributed by atoms with van der Waals surface area (Å²) in [5.41, 5.74) is 2.16. The summed E-state index contributed by atoms with van der Waals surface area (Å²) in [7, 11) is 0. The zero-order valence-corrected chi connectivity index (χ0v) is 17.4. The molecule has 162 valence electrons. The molecule has 5 rings (SSSR count). The SMILES string of the molecule is O=[N+]([O-])c1ccc(N2N=N[C@H](c3ccccc3)[C@]2(c2ccccc2)N2CCOCC2)cc1. The number of non-ortho nitro benzene ring substituents is 1. The summed E-state index contributed by atoms with van der Waals surface area (Å²) in [4.78, 5) is 13.2. The second-order valence-corrected chi connectivity index (χ2v) is 7.80. The molecule has 8 nitrogen and oxygen atoms in total. The Bertz CT molecular complexity index is 1100. The largest absolute Gasteiger partial charge is 0.379 e. The number of hydrogen-bond acceptors (Lipinski definition) is 7. The van der Waals surface area contributed by atoms with Gasteiger partial charge < -0.3 is 4.74 Å². The fraction of sp³-hybridized carbons (Fsp3) is 0.250. The van der Waals surface area contributed by atoms with E-state index in [-0.39, 0.29) is 11.7 Å². The van der Waals surface area contributed by atoms with E-state index in [0.29, 0.717) is 26.3 Å². The third-order valence-electron chi connectivity index (χ3n) is 6.07. The molecule has 0 saturated carbocycles. The third kappa shape index (κ3) is 3.34. The number of nitro benzene ring substituents is 1. The van der Waals surface area contributed by atoms with Gasteiger partial charge in [0.25, 0.3) is 5.69 Å². The van der Waals surface area contributed by atoms with Gasteiger partial charge in [-0.1, -0.05) is 65.9 Å². The van der Waals surface area contributed by atoms with Crippen LogP contribution in [0.25, 0.3) is 0 Å². The molecule has 0 aliphatic carbocycles. The minimum atomic E-state index is -0.734. The van der Waals surface area contributed by atoms with E-state index in [4.69, 9.17) is 9.85 Å². The minimum absolute atomic E-state index is 0.0428. The standard InChI is InChI=1S/C24H23N5O3/c30-29(31)22-13-11-21(12-14-22)28-24(20-9-5-2-6-10-20,27-15-17-32-18-16-27)23(25-26-28)19-7-3-1-4-8-19/h1-14,23H,15-18H2/t23-,24-/m1/s1. The van der Waals surface area contributed by atoms with Gasteiger partial charge in [0.05, 0.1) is 23.8 Å². The Kier molecular flexibility index (Phi) is 5.38. The molecule has 1 fully saturated rings. The lowest BCUT2D eigenvalue weighted by Crippen LogP contribution is -2.60. The average Bonchev–Trinajstić information content (AvgIpc) is 3.27. The van der Waals surface area contributed by atoms with Gasteiger partial charge >= 0.3 is 0 Å². The molecule has 1 saturated heterocycles. The van der Waals surface area contributed by atoms with Crippen LogP contribution in [0.1, 0.15) is 17.2 Å². The van der Waals surface area contributed by atoms with Crippen LogP contribution in [-0.2, 0) is 10.4 Å². The van der Waals surface area contributed by atoms with Gasteiger partial charge in [-0.15, -0.1) is 0 Å². The van der Waals surface area contributed by atoms with Crippen LogP contribution in [0.4, 0.5) is 11.4 Å². The van der Waals surface area contributed by atoms with Crippen LogP contribution in [0.3, 0.4) is 0 Å².